The van der Waals surface area contributed by atoms with Crippen molar-refractivity contribution < 1.29 is 0 Å². The van der Waals surface area contributed by atoms with Gasteiger partial charge in [0.1, 0.15) is 0 Å². The van der Waals surface area contributed by atoms with Gasteiger partial charge >= 0.3 is 0 Å². The average molecular weight is 174 g/mol. The van der Waals surface area contributed by atoms with Crippen LogP contribution in [0.1, 0.15) is 25.3 Å². The van der Waals surface area contributed by atoms with E-state index in [9.17, 15) is 0 Å². The smallest absolute Gasteiger partial charge is 0.0724 e. The number of nitrogens with two attached hydrogens (primary N) is 1. The van der Waals surface area contributed by atoms with Gasteiger partial charge in [0.25, 0.3) is 0 Å². The van der Waals surface area contributed by atoms with E-state index in [1.165, 1.54) is 10.9 Å². The minimum absolute atomic E-state index is 0.515. The van der Waals surface area contributed by atoms with Crippen molar-refractivity contribution in [2.24, 2.45) is 0 Å². The molecule has 0 spiro atoms. The summed E-state index contributed by atoms with van der Waals surface area (Å²) in [5, 5.41) is 1.22. The first-order chi connectivity index (χ1) is 6.20. The Hall–Kier alpha value is -1.44. The number of nitrogen functional groups attached to an aromatic ring is 1. The molecular weight excluding hydrogens is 160 g/mol. The normalized spacial score (nSPS) is 11.3. The number of para-hydroxylation sites is 1. The Balaban J connectivity index is 2.80. The molecule has 2 nitrogen and oxygen atoms in total. The Labute approximate surface area is 77.9 Å². The van der Waals surface area contributed by atoms with Gasteiger partial charge in [-0.1, -0.05) is 32.0 Å². The highest BCUT2D eigenvalue weighted by molar-refractivity contribution is 5.83. The van der Waals surface area contributed by atoms with Crippen LogP contribution < -0.4 is 5.84 Å². The second-order valence-electron chi connectivity index (χ2n) is 3.66. The monoisotopic (exact) mass is 174 g/mol. The number of hydrogen-bond acceptors (Lipinski definition) is 1. The van der Waals surface area contributed by atoms with Crippen molar-refractivity contribution in [2.75, 3.05) is 5.84 Å². The summed E-state index contributed by atoms with van der Waals surface area (Å²) in [5.41, 5.74) is 2.46. The molecule has 0 radical (unpaired) electrons. The summed E-state index contributed by atoms with van der Waals surface area (Å²) in [5.74, 6) is 6.35. The fraction of sp³-hybridized carbons (Fsp3) is 0.273. The number of hydrogen-bond donors (Lipinski definition) is 1. The standard InChI is InChI=1S/C11H14N2/c1-8(2)10-5-3-4-9-6-7-13(12)11(9)10/h3-8H,12H2,1-2H3. The Morgan fingerprint density at radius 3 is 2.69 bits per heavy atom. The van der Waals surface area contributed by atoms with Crippen LogP contribution in [0, 0.1) is 0 Å². The molecule has 0 aliphatic heterocycles. The van der Waals surface area contributed by atoms with Gasteiger partial charge in [-0.25, -0.2) is 0 Å². The van der Waals surface area contributed by atoms with E-state index in [1.807, 2.05) is 12.3 Å². The number of rotatable bonds is 1. The summed E-state index contributed by atoms with van der Waals surface area (Å²) in [4.78, 5) is 0. The molecule has 0 saturated carbocycles. The average Bonchev–Trinajstić information content (AvgIpc) is 2.48. The molecule has 0 aliphatic carbocycles. The summed E-state index contributed by atoms with van der Waals surface area (Å²) in [6.45, 7) is 4.36. The van der Waals surface area contributed by atoms with E-state index in [2.05, 4.69) is 32.0 Å². The topological polar surface area (TPSA) is 30.9 Å². The maximum Gasteiger partial charge on any atom is 0.0724 e. The maximum absolute atomic E-state index is 5.83. The van der Waals surface area contributed by atoms with Crippen LogP contribution in [0.4, 0.5) is 0 Å². The summed E-state index contributed by atoms with van der Waals surface area (Å²) >= 11 is 0. The summed E-state index contributed by atoms with van der Waals surface area (Å²) in [6, 6.07) is 8.35. The van der Waals surface area contributed by atoms with Crippen molar-refractivity contribution in [3.8, 4) is 0 Å². The molecule has 2 rings (SSSR count). The van der Waals surface area contributed by atoms with Crippen LogP contribution in [0.5, 0.6) is 0 Å². The van der Waals surface area contributed by atoms with E-state index in [-0.39, 0.29) is 0 Å². The lowest BCUT2D eigenvalue weighted by atomic mass is 10.0. The van der Waals surface area contributed by atoms with Gasteiger partial charge in [0, 0.05) is 11.6 Å². The first-order valence-corrected chi connectivity index (χ1v) is 4.55. The fourth-order valence-corrected chi connectivity index (χ4v) is 1.71. The van der Waals surface area contributed by atoms with Crippen molar-refractivity contribution in [3.05, 3.63) is 36.0 Å². The van der Waals surface area contributed by atoms with Crippen LogP contribution in [-0.2, 0) is 0 Å². The minimum atomic E-state index is 0.515. The van der Waals surface area contributed by atoms with Gasteiger partial charge in [0.05, 0.1) is 5.52 Å². The lowest BCUT2D eigenvalue weighted by molar-refractivity contribution is 0.865. The first-order valence-electron chi connectivity index (χ1n) is 4.55. The second kappa shape index (κ2) is 2.80. The zero-order valence-corrected chi connectivity index (χ0v) is 7.99. The SMILES string of the molecule is CC(C)c1cccc2ccn(N)c12. The lowest BCUT2D eigenvalue weighted by Gasteiger charge is -2.08. The quantitative estimate of drug-likeness (QED) is 0.661. The van der Waals surface area contributed by atoms with E-state index >= 15 is 0 Å². The zero-order chi connectivity index (χ0) is 9.42. The Kier molecular flexibility index (Phi) is 1.76. The number of fused-ring (bicyclic) bond motifs is 1. The molecule has 0 aliphatic rings. The van der Waals surface area contributed by atoms with Crippen LogP contribution >= 0.6 is 0 Å². The molecule has 1 aromatic carbocycles. The molecular formula is C11H14N2. The third-order valence-corrected chi connectivity index (χ3v) is 2.39. The van der Waals surface area contributed by atoms with Gasteiger partial charge in [-0.15, -0.1) is 0 Å². The van der Waals surface area contributed by atoms with Crippen LogP contribution in [0.3, 0.4) is 0 Å². The predicted octanol–water partition coefficient (Wildman–Crippen LogP) is 2.48. The van der Waals surface area contributed by atoms with Crippen molar-refractivity contribution in [1.29, 1.82) is 0 Å². The highest BCUT2D eigenvalue weighted by atomic mass is 15.3. The molecule has 0 unspecified atom stereocenters. The van der Waals surface area contributed by atoms with Gasteiger partial charge in [-0.05, 0) is 17.5 Å². The van der Waals surface area contributed by atoms with Gasteiger partial charge < -0.3 is 5.84 Å². The lowest BCUT2D eigenvalue weighted by Crippen LogP contribution is -2.07. The van der Waals surface area contributed by atoms with Crippen LogP contribution in [0.15, 0.2) is 30.5 Å². The van der Waals surface area contributed by atoms with Crippen molar-refractivity contribution in [1.82, 2.24) is 4.68 Å². The highest BCUT2D eigenvalue weighted by Crippen LogP contribution is 2.24. The van der Waals surface area contributed by atoms with E-state index in [1.54, 1.807) is 4.68 Å². The Morgan fingerprint density at radius 2 is 2.00 bits per heavy atom. The third-order valence-electron chi connectivity index (χ3n) is 2.39. The maximum atomic E-state index is 5.83. The second-order valence-corrected chi connectivity index (χ2v) is 3.66. The molecule has 2 N–H and O–H groups in total. The van der Waals surface area contributed by atoms with Crippen molar-refractivity contribution >= 4 is 10.9 Å². The molecule has 68 valence electrons. The largest absolute Gasteiger partial charge is 0.339 e. The van der Waals surface area contributed by atoms with E-state index in [0.29, 0.717) is 5.92 Å². The zero-order valence-electron chi connectivity index (χ0n) is 7.99. The Bertz CT molecular complexity index is 427. The molecule has 2 heteroatoms. The fourth-order valence-electron chi connectivity index (χ4n) is 1.71. The number of nitrogens with zero attached hydrogens (tertiary/aromatic N) is 1. The highest BCUT2D eigenvalue weighted by Gasteiger charge is 2.07. The van der Waals surface area contributed by atoms with E-state index in [4.69, 9.17) is 5.84 Å². The molecule has 2 aromatic rings. The molecule has 0 bridgehead atoms. The summed E-state index contributed by atoms with van der Waals surface area (Å²) < 4.78 is 1.70. The summed E-state index contributed by atoms with van der Waals surface area (Å²) in [7, 11) is 0. The van der Waals surface area contributed by atoms with Gasteiger partial charge in [0.15, 0.2) is 0 Å². The Morgan fingerprint density at radius 1 is 1.23 bits per heavy atom. The van der Waals surface area contributed by atoms with Crippen molar-refractivity contribution in [3.63, 3.8) is 0 Å². The molecule has 0 amide bonds. The first kappa shape index (κ1) is 8.17. The van der Waals surface area contributed by atoms with Crippen LogP contribution in [0.25, 0.3) is 10.9 Å². The van der Waals surface area contributed by atoms with Gasteiger partial charge in [-0.2, -0.15) is 0 Å². The van der Waals surface area contributed by atoms with Crippen LogP contribution in [-0.4, -0.2) is 4.68 Å². The molecule has 1 heterocycles. The molecule has 1 aromatic heterocycles. The van der Waals surface area contributed by atoms with Gasteiger partial charge in [0.2, 0.25) is 0 Å². The van der Waals surface area contributed by atoms with Crippen molar-refractivity contribution in [2.45, 2.75) is 19.8 Å². The van der Waals surface area contributed by atoms with E-state index in [0.717, 1.165) is 5.52 Å². The molecule has 0 saturated heterocycles. The van der Waals surface area contributed by atoms with Gasteiger partial charge in [-0.3, -0.25) is 4.68 Å². The predicted molar refractivity (Wildman–Crippen MR) is 56.2 cm³/mol. The molecule has 0 fully saturated rings. The molecule has 13 heavy (non-hydrogen) atoms. The summed E-state index contributed by atoms with van der Waals surface area (Å²) in [6.07, 6.45) is 1.90. The third kappa shape index (κ3) is 1.18. The van der Waals surface area contributed by atoms with E-state index < -0.39 is 0 Å². The van der Waals surface area contributed by atoms with Crippen LogP contribution in [0.2, 0.25) is 0 Å². The number of aromatic nitrogens is 1. The minimum Gasteiger partial charge on any atom is -0.339 e. The molecule has 0 atom stereocenters. The number of benzene rings is 1.